The van der Waals surface area contributed by atoms with Crippen LogP contribution in [-0.2, 0) is 24.3 Å². The Morgan fingerprint density at radius 1 is 1.15 bits per heavy atom. The number of carbonyl (C=O) groups excluding carboxylic acids is 2. The number of rotatable bonds is 10. The first-order valence-corrected chi connectivity index (χ1v) is 12.5. The monoisotopic (exact) mass is 491 g/mol. The van der Waals surface area contributed by atoms with Crippen LogP contribution in [0.25, 0.3) is 0 Å². The SMILES string of the molecule is COCCCN1C(=O)[C@H](CC(=O)Nc2cccc(OC)c2)SC1=NS(=O)(=O)c1ccccc1. The average Bonchev–Trinajstić information content (AvgIpc) is 3.08. The molecule has 11 heteroatoms. The topological polar surface area (TPSA) is 114 Å². The minimum Gasteiger partial charge on any atom is -0.497 e. The molecule has 176 valence electrons. The maximum atomic E-state index is 13.0. The van der Waals surface area contributed by atoms with E-state index in [4.69, 9.17) is 9.47 Å². The van der Waals surface area contributed by atoms with Crippen molar-refractivity contribution in [3.63, 3.8) is 0 Å². The van der Waals surface area contributed by atoms with E-state index < -0.39 is 15.3 Å². The zero-order valence-electron chi connectivity index (χ0n) is 18.3. The highest BCUT2D eigenvalue weighted by molar-refractivity contribution is 8.16. The second-order valence-corrected chi connectivity index (χ2v) is 9.86. The van der Waals surface area contributed by atoms with E-state index in [1.165, 1.54) is 24.1 Å². The van der Waals surface area contributed by atoms with Gasteiger partial charge in [-0.05, 0) is 30.7 Å². The Morgan fingerprint density at radius 2 is 1.91 bits per heavy atom. The normalized spacial score (nSPS) is 17.4. The summed E-state index contributed by atoms with van der Waals surface area (Å²) in [6.07, 6.45) is 0.363. The molecule has 1 fully saturated rings. The van der Waals surface area contributed by atoms with Gasteiger partial charge in [-0.25, -0.2) is 0 Å². The van der Waals surface area contributed by atoms with Crippen molar-refractivity contribution in [3.05, 3.63) is 54.6 Å². The Bertz CT molecular complexity index is 1120. The van der Waals surface area contributed by atoms with Crippen molar-refractivity contribution in [2.45, 2.75) is 23.0 Å². The standard InChI is InChI=1S/C22H25N3O6S2/c1-30-13-7-12-25-21(27)19(15-20(26)23-16-8-6-9-17(14-16)31-2)32-22(25)24-33(28,29)18-10-4-3-5-11-18/h3-6,8-11,14,19H,7,12-13,15H2,1-2H3,(H,23,26)/t19-/m0/s1. The fourth-order valence-electron chi connectivity index (χ4n) is 3.11. The minimum absolute atomic E-state index is 0.0293. The molecule has 2 amide bonds. The van der Waals surface area contributed by atoms with E-state index in [1.807, 2.05) is 0 Å². The molecule has 0 unspecified atom stereocenters. The summed E-state index contributed by atoms with van der Waals surface area (Å²) in [5, 5.41) is 2.00. The first-order chi connectivity index (χ1) is 15.8. The number of anilines is 1. The number of nitrogens with zero attached hydrogens (tertiary/aromatic N) is 2. The quantitative estimate of drug-likeness (QED) is 0.508. The van der Waals surface area contributed by atoms with Crippen molar-refractivity contribution < 1.29 is 27.5 Å². The number of thioether (sulfide) groups is 1. The zero-order valence-corrected chi connectivity index (χ0v) is 19.9. The number of methoxy groups -OCH3 is 2. The molecule has 2 aromatic carbocycles. The van der Waals surface area contributed by atoms with Gasteiger partial charge in [0.2, 0.25) is 11.8 Å². The van der Waals surface area contributed by atoms with Crippen molar-refractivity contribution in [3.8, 4) is 5.75 Å². The van der Waals surface area contributed by atoms with E-state index in [-0.39, 0.29) is 34.8 Å². The number of hydrogen-bond acceptors (Lipinski definition) is 7. The predicted octanol–water partition coefficient (Wildman–Crippen LogP) is 2.75. The zero-order chi connectivity index (χ0) is 23.8. The molecule has 0 bridgehead atoms. The van der Waals surface area contributed by atoms with Gasteiger partial charge < -0.3 is 14.8 Å². The number of carbonyl (C=O) groups is 2. The second kappa shape index (κ2) is 11.3. The van der Waals surface area contributed by atoms with Gasteiger partial charge in [-0.3, -0.25) is 14.5 Å². The van der Waals surface area contributed by atoms with Gasteiger partial charge in [-0.2, -0.15) is 8.42 Å². The molecule has 1 heterocycles. The van der Waals surface area contributed by atoms with Crippen molar-refractivity contribution in [2.24, 2.45) is 4.40 Å². The summed E-state index contributed by atoms with van der Waals surface area (Å²) in [5.74, 6) is -0.152. The van der Waals surface area contributed by atoms with Crippen LogP contribution < -0.4 is 10.1 Å². The number of amides is 2. The molecule has 1 aliphatic heterocycles. The lowest BCUT2D eigenvalue weighted by molar-refractivity contribution is -0.128. The Balaban J connectivity index is 1.77. The molecule has 1 N–H and O–H groups in total. The van der Waals surface area contributed by atoms with E-state index in [0.29, 0.717) is 24.5 Å². The lowest BCUT2D eigenvalue weighted by Gasteiger charge is -2.16. The molecular formula is C22H25N3O6S2. The van der Waals surface area contributed by atoms with Gasteiger partial charge in [-0.15, -0.1) is 4.40 Å². The highest BCUT2D eigenvalue weighted by atomic mass is 32.2. The number of nitrogens with one attached hydrogen (secondary N) is 1. The van der Waals surface area contributed by atoms with Crippen LogP contribution in [-0.4, -0.2) is 62.9 Å². The van der Waals surface area contributed by atoms with Gasteiger partial charge in [0.1, 0.15) is 11.0 Å². The molecule has 1 atom stereocenters. The highest BCUT2D eigenvalue weighted by Crippen LogP contribution is 2.31. The first kappa shape index (κ1) is 24.7. The Hall–Kier alpha value is -2.89. The smallest absolute Gasteiger partial charge is 0.284 e. The Labute approximate surface area is 197 Å². The molecule has 1 aliphatic rings. The van der Waals surface area contributed by atoms with E-state index in [1.54, 1.807) is 49.6 Å². The fraction of sp³-hybridized carbons (Fsp3) is 0.318. The Morgan fingerprint density at radius 3 is 2.61 bits per heavy atom. The molecule has 2 aromatic rings. The van der Waals surface area contributed by atoms with Gasteiger partial charge in [-0.1, -0.05) is 36.0 Å². The number of amidine groups is 1. The number of benzene rings is 2. The van der Waals surface area contributed by atoms with Crippen LogP contribution in [0.2, 0.25) is 0 Å². The molecular weight excluding hydrogens is 466 g/mol. The van der Waals surface area contributed by atoms with E-state index in [9.17, 15) is 18.0 Å². The van der Waals surface area contributed by atoms with Gasteiger partial charge in [0.25, 0.3) is 10.0 Å². The summed E-state index contributed by atoms with van der Waals surface area (Å²) < 4.78 is 39.6. The maximum absolute atomic E-state index is 13.0. The minimum atomic E-state index is -4.01. The molecule has 0 aliphatic carbocycles. The number of ether oxygens (including phenoxy) is 2. The molecule has 33 heavy (non-hydrogen) atoms. The summed E-state index contributed by atoms with van der Waals surface area (Å²) in [4.78, 5) is 26.9. The third-order valence-corrected chi connectivity index (χ3v) is 7.29. The van der Waals surface area contributed by atoms with Gasteiger partial charge in [0.15, 0.2) is 5.17 Å². The third kappa shape index (κ3) is 6.56. The van der Waals surface area contributed by atoms with Gasteiger partial charge in [0.05, 0.1) is 12.0 Å². The van der Waals surface area contributed by atoms with Crippen LogP contribution in [0.3, 0.4) is 0 Å². The molecule has 3 rings (SSSR count). The van der Waals surface area contributed by atoms with Crippen LogP contribution in [0.4, 0.5) is 5.69 Å². The van der Waals surface area contributed by atoms with Crippen LogP contribution >= 0.6 is 11.8 Å². The molecule has 0 aromatic heterocycles. The van der Waals surface area contributed by atoms with E-state index in [0.717, 1.165) is 11.8 Å². The summed E-state index contributed by atoms with van der Waals surface area (Å²) in [6.45, 7) is 0.630. The maximum Gasteiger partial charge on any atom is 0.284 e. The third-order valence-electron chi connectivity index (χ3n) is 4.71. The first-order valence-electron chi connectivity index (χ1n) is 10.1. The van der Waals surface area contributed by atoms with Crippen molar-refractivity contribution in [1.82, 2.24) is 4.90 Å². The number of sulfonamides is 1. The lowest BCUT2D eigenvalue weighted by atomic mass is 10.2. The van der Waals surface area contributed by atoms with Crippen LogP contribution in [0.1, 0.15) is 12.8 Å². The van der Waals surface area contributed by atoms with Gasteiger partial charge >= 0.3 is 0 Å². The Kier molecular flexibility index (Phi) is 8.48. The average molecular weight is 492 g/mol. The largest absolute Gasteiger partial charge is 0.497 e. The highest BCUT2D eigenvalue weighted by Gasteiger charge is 2.40. The van der Waals surface area contributed by atoms with Crippen LogP contribution in [0.5, 0.6) is 5.75 Å². The molecule has 0 radical (unpaired) electrons. The fourth-order valence-corrected chi connectivity index (χ4v) is 5.51. The molecule has 9 nitrogen and oxygen atoms in total. The lowest BCUT2D eigenvalue weighted by Crippen LogP contribution is -2.35. The van der Waals surface area contributed by atoms with Crippen molar-refractivity contribution in [1.29, 1.82) is 0 Å². The van der Waals surface area contributed by atoms with E-state index >= 15 is 0 Å². The van der Waals surface area contributed by atoms with Gasteiger partial charge in [0, 0.05) is 38.4 Å². The molecule has 1 saturated heterocycles. The van der Waals surface area contributed by atoms with Crippen molar-refractivity contribution in [2.75, 3.05) is 32.7 Å². The summed E-state index contributed by atoms with van der Waals surface area (Å²) >= 11 is 0.974. The summed E-state index contributed by atoms with van der Waals surface area (Å²) in [5.41, 5.74) is 0.535. The van der Waals surface area contributed by atoms with E-state index in [2.05, 4.69) is 9.71 Å². The molecule has 0 spiro atoms. The number of hydrogen-bond donors (Lipinski definition) is 1. The molecule has 0 saturated carbocycles. The second-order valence-electron chi connectivity index (χ2n) is 7.09. The van der Waals surface area contributed by atoms with Crippen molar-refractivity contribution >= 4 is 44.5 Å². The summed E-state index contributed by atoms with van der Waals surface area (Å²) in [7, 11) is -0.943. The van der Waals surface area contributed by atoms with Crippen LogP contribution in [0, 0.1) is 0 Å². The predicted molar refractivity (Wildman–Crippen MR) is 127 cm³/mol. The summed E-state index contributed by atoms with van der Waals surface area (Å²) in [6, 6.07) is 14.6. The van der Waals surface area contributed by atoms with Crippen LogP contribution in [0.15, 0.2) is 63.9 Å².